The molecule has 2 aliphatic rings. The number of aromatic nitrogens is 3. The second kappa shape index (κ2) is 6.90. The van der Waals surface area contributed by atoms with E-state index in [-0.39, 0.29) is 5.56 Å². The summed E-state index contributed by atoms with van der Waals surface area (Å²) in [6.45, 7) is 7.01. The van der Waals surface area contributed by atoms with Gasteiger partial charge in [-0.25, -0.2) is 9.97 Å². The second-order valence-corrected chi connectivity index (χ2v) is 8.67. The zero-order valence-electron chi connectivity index (χ0n) is 15.1. The van der Waals surface area contributed by atoms with Gasteiger partial charge in [0.05, 0.1) is 17.7 Å². The molecule has 2 aromatic heterocycles. The van der Waals surface area contributed by atoms with Crippen molar-refractivity contribution in [3.05, 3.63) is 39.0 Å². The summed E-state index contributed by atoms with van der Waals surface area (Å²) in [4.78, 5) is 25.5. The largest absolute Gasteiger partial charge is 0.348 e. The lowest BCUT2D eigenvalue weighted by atomic mass is 9.97. The van der Waals surface area contributed by atoms with Gasteiger partial charge in [0.2, 0.25) is 0 Å². The maximum absolute atomic E-state index is 12.3. The van der Waals surface area contributed by atoms with Crippen LogP contribution in [0.3, 0.4) is 0 Å². The monoisotopic (exact) mass is 358 g/mol. The summed E-state index contributed by atoms with van der Waals surface area (Å²) in [7, 11) is 0. The van der Waals surface area contributed by atoms with Crippen LogP contribution in [-0.2, 0) is 19.4 Å². The fraction of sp³-hybridized carbons (Fsp3) is 0.632. The Morgan fingerprint density at radius 3 is 2.76 bits per heavy atom. The minimum absolute atomic E-state index is 0.0810. The highest BCUT2D eigenvalue weighted by atomic mass is 32.1. The van der Waals surface area contributed by atoms with Crippen molar-refractivity contribution in [2.75, 3.05) is 18.0 Å². The molecule has 1 saturated heterocycles. The number of piperidine rings is 1. The minimum Gasteiger partial charge on any atom is -0.348 e. The molecule has 0 spiro atoms. The zero-order chi connectivity index (χ0) is 17.4. The molecule has 2 aromatic rings. The van der Waals surface area contributed by atoms with Gasteiger partial charge in [-0.15, -0.1) is 11.3 Å². The van der Waals surface area contributed by atoms with E-state index in [0.717, 1.165) is 44.6 Å². The molecule has 0 N–H and O–H groups in total. The van der Waals surface area contributed by atoms with E-state index in [1.54, 1.807) is 17.0 Å². The number of thiazole rings is 1. The number of nitrogens with zero attached hydrogens (tertiary/aromatic N) is 4. The van der Waals surface area contributed by atoms with Gasteiger partial charge in [-0.05, 0) is 43.9 Å². The molecule has 134 valence electrons. The molecule has 0 radical (unpaired) electrons. The Morgan fingerprint density at radius 1 is 1.28 bits per heavy atom. The van der Waals surface area contributed by atoms with Gasteiger partial charge in [0.25, 0.3) is 5.56 Å². The first-order valence-electron chi connectivity index (χ1n) is 9.40. The van der Waals surface area contributed by atoms with Crippen molar-refractivity contribution in [3.8, 4) is 0 Å². The van der Waals surface area contributed by atoms with Crippen molar-refractivity contribution in [1.29, 1.82) is 0 Å². The summed E-state index contributed by atoms with van der Waals surface area (Å²) >= 11 is 1.89. The topological polar surface area (TPSA) is 51.0 Å². The van der Waals surface area contributed by atoms with Crippen LogP contribution in [-0.4, -0.2) is 27.6 Å². The molecular formula is C19H26N4OS. The third-order valence-electron chi connectivity index (χ3n) is 5.42. The number of aryl methyl sites for hydroxylation is 2. The second-order valence-electron chi connectivity index (χ2n) is 7.61. The summed E-state index contributed by atoms with van der Waals surface area (Å²) < 4.78 is 1.78. The van der Waals surface area contributed by atoms with E-state index in [0.29, 0.717) is 11.8 Å². The predicted octanol–water partition coefficient (Wildman–Crippen LogP) is 3.23. The lowest BCUT2D eigenvalue weighted by Gasteiger charge is -2.32. The Morgan fingerprint density at radius 2 is 2.08 bits per heavy atom. The Balaban J connectivity index is 1.36. The van der Waals surface area contributed by atoms with Crippen LogP contribution in [0.15, 0.2) is 17.2 Å². The standard InChI is InChI=1S/C19H26N4OS/c1-13(2)16-10-18(24)23(12-20-16)11-14-6-8-22(9-7-14)19-21-15-4-3-5-17(15)25-19/h10,12-14H,3-9,11H2,1-2H3. The molecule has 0 bridgehead atoms. The molecule has 0 aromatic carbocycles. The van der Waals surface area contributed by atoms with Crippen molar-refractivity contribution < 1.29 is 0 Å². The highest BCUT2D eigenvalue weighted by molar-refractivity contribution is 7.15. The molecule has 0 saturated carbocycles. The first kappa shape index (κ1) is 16.8. The van der Waals surface area contributed by atoms with Gasteiger partial charge >= 0.3 is 0 Å². The van der Waals surface area contributed by atoms with Crippen molar-refractivity contribution in [3.63, 3.8) is 0 Å². The normalized spacial score (nSPS) is 18.1. The summed E-state index contributed by atoms with van der Waals surface area (Å²) in [6.07, 6.45) is 7.60. The van der Waals surface area contributed by atoms with E-state index in [4.69, 9.17) is 4.98 Å². The quantitative estimate of drug-likeness (QED) is 0.842. The Labute approximate surface area is 152 Å². The summed E-state index contributed by atoms with van der Waals surface area (Å²) in [5, 5.41) is 1.21. The molecule has 0 atom stereocenters. The van der Waals surface area contributed by atoms with Crippen LogP contribution in [0.4, 0.5) is 5.13 Å². The third kappa shape index (κ3) is 3.50. The van der Waals surface area contributed by atoms with Crippen LogP contribution < -0.4 is 10.5 Å². The van der Waals surface area contributed by atoms with Gasteiger partial charge in [0.1, 0.15) is 0 Å². The number of hydrogen-bond donors (Lipinski definition) is 0. The molecule has 5 nitrogen and oxygen atoms in total. The average Bonchev–Trinajstić information content (AvgIpc) is 3.19. The van der Waals surface area contributed by atoms with Crippen LogP contribution in [0.25, 0.3) is 0 Å². The summed E-state index contributed by atoms with van der Waals surface area (Å²) in [5.74, 6) is 0.845. The van der Waals surface area contributed by atoms with Gasteiger partial charge in [-0.3, -0.25) is 9.36 Å². The van der Waals surface area contributed by atoms with Crippen molar-refractivity contribution in [2.45, 2.75) is 58.4 Å². The number of rotatable bonds is 4. The van der Waals surface area contributed by atoms with Crippen molar-refractivity contribution in [2.24, 2.45) is 5.92 Å². The van der Waals surface area contributed by atoms with E-state index >= 15 is 0 Å². The van der Waals surface area contributed by atoms with Crippen LogP contribution in [0.2, 0.25) is 0 Å². The molecular weight excluding hydrogens is 332 g/mol. The Kier molecular flexibility index (Phi) is 4.63. The number of hydrogen-bond acceptors (Lipinski definition) is 5. The van der Waals surface area contributed by atoms with Gasteiger partial charge in [-0.1, -0.05) is 13.8 Å². The first-order valence-corrected chi connectivity index (χ1v) is 10.2. The van der Waals surface area contributed by atoms with Gasteiger partial charge in [0, 0.05) is 30.6 Å². The van der Waals surface area contributed by atoms with Crippen LogP contribution in [0.5, 0.6) is 0 Å². The maximum Gasteiger partial charge on any atom is 0.253 e. The van der Waals surface area contributed by atoms with Crippen LogP contribution in [0.1, 0.15) is 55.3 Å². The van der Waals surface area contributed by atoms with E-state index in [1.165, 1.54) is 28.5 Å². The van der Waals surface area contributed by atoms with Crippen LogP contribution in [0, 0.1) is 5.92 Å². The average molecular weight is 359 g/mol. The van der Waals surface area contributed by atoms with Crippen molar-refractivity contribution >= 4 is 16.5 Å². The molecule has 6 heteroatoms. The number of fused-ring (bicyclic) bond motifs is 1. The molecule has 1 aliphatic carbocycles. The minimum atomic E-state index is 0.0810. The van der Waals surface area contributed by atoms with Crippen molar-refractivity contribution in [1.82, 2.24) is 14.5 Å². The smallest absolute Gasteiger partial charge is 0.253 e. The van der Waals surface area contributed by atoms with E-state index in [9.17, 15) is 4.79 Å². The van der Waals surface area contributed by atoms with Gasteiger partial charge in [0.15, 0.2) is 5.13 Å². The molecule has 3 heterocycles. The van der Waals surface area contributed by atoms with Gasteiger partial charge < -0.3 is 4.90 Å². The lowest BCUT2D eigenvalue weighted by Crippen LogP contribution is -2.36. The molecule has 1 fully saturated rings. The highest BCUT2D eigenvalue weighted by Crippen LogP contribution is 2.34. The lowest BCUT2D eigenvalue weighted by molar-refractivity contribution is 0.350. The predicted molar refractivity (Wildman–Crippen MR) is 102 cm³/mol. The fourth-order valence-electron chi connectivity index (χ4n) is 3.79. The Hall–Kier alpha value is -1.69. The van der Waals surface area contributed by atoms with E-state index in [2.05, 4.69) is 23.7 Å². The zero-order valence-corrected chi connectivity index (χ0v) is 15.9. The molecule has 4 rings (SSSR count). The maximum atomic E-state index is 12.3. The van der Waals surface area contributed by atoms with Crippen LogP contribution >= 0.6 is 11.3 Å². The highest BCUT2D eigenvalue weighted by Gasteiger charge is 2.24. The summed E-state index contributed by atoms with van der Waals surface area (Å²) in [5.41, 5.74) is 2.30. The van der Waals surface area contributed by atoms with Gasteiger partial charge in [-0.2, -0.15) is 0 Å². The van der Waals surface area contributed by atoms with E-state index in [1.807, 2.05) is 11.3 Å². The summed E-state index contributed by atoms with van der Waals surface area (Å²) in [6, 6.07) is 1.69. The SMILES string of the molecule is CC(C)c1cc(=O)n(CC2CCN(c3nc4c(s3)CCC4)CC2)cn1. The fourth-order valence-corrected chi connectivity index (χ4v) is 4.99. The molecule has 0 unspecified atom stereocenters. The Bertz CT molecular complexity index is 780. The first-order chi connectivity index (χ1) is 12.1. The molecule has 25 heavy (non-hydrogen) atoms. The van der Waals surface area contributed by atoms with E-state index < -0.39 is 0 Å². The number of anilines is 1. The third-order valence-corrected chi connectivity index (χ3v) is 6.63. The molecule has 1 aliphatic heterocycles. The molecule has 0 amide bonds.